The lowest BCUT2D eigenvalue weighted by molar-refractivity contribution is 0.439. The van der Waals surface area contributed by atoms with Gasteiger partial charge in [0.25, 0.3) is 10.0 Å². The van der Waals surface area contributed by atoms with Crippen LogP contribution in [0.15, 0.2) is 20.8 Å². The Labute approximate surface area is 124 Å². The Kier molecular flexibility index (Phi) is 3.62. The van der Waals surface area contributed by atoms with Crippen LogP contribution in [0.5, 0.6) is 0 Å². The van der Waals surface area contributed by atoms with Crippen molar-refractivity contribution in [2.75, 3.05) is 11.3 Å². The van der Waals surface area contributed by atoms with Crippen molar-refractivity contribution in [1.82, 2.24) is 15.5 Å². The topological polar surface area (TPSA) is 121 Å². The molecule has 110 valence electrons. The van der Waals surface area contributed by atoms with Gasteiger partial charge in [0.1, 0.15) is 15.2 Å². The number of sulfonamides is 1. The lowest BCUT2D eigenvalue weighted by Gasteiger charge is -2.03. The van der Waals surface area contributed by atoms with E-state index < -0.39 is 10.0 Å². The zero-order chi connectivity index (χ0) is 14.9. The van der Waals surface area contributed by atoms with E-state index in [1.165, 1.54) is 12.1 Å². The number of aromatic nitrogens is 2. The molecule has 1 atom stereocenters. The van der Waals surface area contributed by atoms with E-state index in [0.29, 0.717) is 10.8 Å². The molecule has 1 fully saturated rings. The van der Waals surface area contributed by atoms with Gasteiger partial charge in [0.2, 0.25) is 5.89 Å². The summed E-state index contributed by atoms with van der Waals surface area (Å²) in [5, 5.41) is 19.4. The lowest BCUT2D eigenvalue weighted by Crippen LogP contribution is -2.13. The molecule has 2 aromatic rings. The third-order valence-electron chi connectivity index (χ3n) is 2.98. The highest BCUT2D eigenvalue weighted by Gasteiger charge is 2.24. The summed E-state index contributed by atoms with van der Waals surface area (Å²) in [5.41, 5.74) is 0. The fraction of sp³-hybridized carbons (Fsp3) is 0.364. The van der Waals surface area contributed by atoms with Crippen molar-refractivity contribution < 1.29 is 12.8 Å². The Morgan fingerprint density at radius 1 is 1.48 bits per heavy atom. The first-order chi connectivity index (χ1) is 10.1. The first kappa shape index (κ1) is 14.0. The van der Waals surface area contributed by atoms with Crippen molar-refractivity contribution in [2.45, 2.75) is 23.1 Å². The van der Waals surface area contributed by atoms with Crippen LogP contribution >= 0.6 is 11.3 Å². The zero-order valence-electron chi connectivity index (χ0n) is 10.7. The molecule has 1 saturated heterocycles. The average molecular weight is 325 g/mol. The van der Waals surface area contributed by atoms with Crippen molar-refractivity contribution in [3.63, 3.8) is 0 Å². The standard InChI is InChI=1S/C11H11N5O3S2/c12-6-7-3-4-9(20-7)21(17,18)16-11-15-14-10(19-11)8-2-1-5-13-8/h3-4,8,13H,1-2,5H2,(H,15,16). The van der Waals surface area contributed by atoms with Crippen LogP contribution in [0.1, 0.15) is 29.7 Å². The minimum absolute atomic E-state index is 0.0253. The number of nitriles is 1. The molecule has 0 radical (unpaired) electrons. The maximum absolute atomic E-state index is 12.1. The quantitative estimate of drug-likeness (QED) is 0.867. The second-order valence-corrected chi connectivity index (χ2v) is 7.42. The van der Waals surface area contributed by atoms with E-state index in [1.54, 1.807) is 0 Å². The normalized spacial score (nSPS) is 18.5. The molecule has 0 aliphatic carbocycles. The highest BCUT2D eigenvalue weighted by atomic mass is 32.2. The number of nitrogens with zero attached hydrogens (tertiary/aromatic N) is 3. The van der Waals surface area contributed by atoms with Crippen molar-refractivity contribution in [3.8, 4) is 6.07 Å². The molecule has 3 rings (SSSR count). The molecule has 1 aliphatic heterocycles. The van der Waals surface area contributed by atoms with Gasteiger partial charge in [0, 0.05) is 0 Å². The summed E-state index contributed by atoms with van der Waals surface area (Å²) in [4.78, 5) is 0.316. The Hall–Kier alpha value is -1.96. The maximum atomic E-state index is 12.1. The summed E-state index contributed by atoms with van der Waals surface area (Å²) < 4.78 is 31.8. The van der Waals surface area contributed by atoms with Gasteiger partial charge in [-0.05, 0) is 31.5 Å². The summed E-state index contributed by atoms with van der Waals surface area (Å²) in [6.07, 6.45) is 1.89. The van der Waals surface area contributed by atoms with Crippen LogP contribution in [0.3, 0.4) is 0 Å². The van der Waals surface area contributed by atoms with Gasteiger partial charge < -0.3 is 9.73 Å². The monoisotopic (exact) mass is 325 g/mol. The van der Waals surface area contributed by atoms with E-state index in [-0.39, 0.29) is 16.3 Å². The molecule has 0 spiro atoms. The van der Waals surface area contributed by atoms with Crippen LogP contribution < -0.4 is 10.0 Å². The van der Waals surface area contributed by atoms with Crippen LogP contribution in [-0.2, 0) is 10.0 Å². The molecule has 3 heterocycles. The largest absolute Gasteiger partial charge is 0.406 e. The number of anilines is 1. The van der Waals surface area contributed by atoms with E-state index in [9.17, 15) is 8.42 Å². The van der Waals surface area contributed by atoms with Crippen LogP contribution in [-0.4, -0.2) is 25.2 Å². The fourth-order valence-electron chi connectivity index (χ4n) is 2.00. The zero-order valence-corrected chi connectivity index (χ0v) is 12.4. The van der Waals surface area contributed by atoms with Crippen molar-refractivity contribution in [2.24, 2.45) is 0 Å². The summed E-state index contributed by atoms with van der Waals surface area (Å²) in [5.74, 6) is 0.370. The van der Waals surface area contributed by atoms with Gasteiger partial charge in [0.05, 0.1) is 6.04 Å². The Balaban J connectivity index is 1.77. The maximum Gasteiger partial charge on any atom is 0.329 e. The minimum atomic E-state index is -3.81. The average Bonchev–Trinajstić information content (AvgIpc) is 3.19. The second-order valence-electron chi connectivity index (χ2n) is 4.43. The van der Waals surface area contributed by atoms with E-state index in [1.807, 2.05) is 6.07 Å². The minimum Gasteiger partial charge on any atom is -0.406 e. The number of thiophene rings is 1. The lowest BCUT2D eigenvalue weighted by atomic mass is 10.2. The fourth-order valence-corrected chi connectivity index (χ4v) is 4.03. The molecule has 1 unspecified atom stereocenters. The predicted octanol–water partition coefficient (Wildman–Crippen LogP) is 1.23. The van der Waals surface area contributed by atoms with Gasteiger partial charge in [-0.2, -0.15) is 5.26 Å². The van der Waals surface area contributed by atoms with Gasteiger partial charge in [-0.15, -0.1) is 16.4 Å². The molecule has 0 amide bonds. The third-order valence-corrected chi connectivity index (χ3v) is 5.78. The number of nitrogens with one attached hydrogen (secondary N) is 2. The molecule has 1 aliphatic rings. The highest BCUT2D eigenvalue weighted by Crippen LogP contribution is 2.26. The Morgan fingerprint density at radius 3 is 3.00 bits per heavy atom. The Bertz CT molecular complexity index is 783. The smallest absolute Gasteiger partial charge is 0.329 e. The van der Waals surface area contributed by atoms with Crippen LogP contribution in [0, 0.1) is 11.3 Å². The van der Waals surface area contributed by atoms with Crippen LogP contribution in [0.4, 0.5) is 6.01 Å². The highest BCUT2D eigenvalue weighted by molar-refractivity contribution is 7.94. The summed E-state index contributed by atoms with van der Waals surface area (Å²) in [7, 11) is -3.81. The first-order valence-corrected chi connectivity index (χ1v) is 8.48. The van der Waals surface area contributed by atoms with Gasteiger partial charge >= 0.3 is 6.01 Å². The van der Waals surface area contributed by atoms with Crippen LogP contribution in [0.25, 0.3) is 0 Å². The van der Waals surface area contributed by atoms with Gasteiger partial charge in [-0.3, -0.25) is 0 Å². The molecule has 10 heteroatoms. The van der Waals surface area contributed by atoms with Crippen molar-refractivity contribution in [1.29, 1.82) is 5.26 Å². The summed E-state index contributed by atoms with van der Waals surface area (Å²) >= 11 is 0.877. The van der Waals surface area contributed by atoms with Crippen molar-refractivity contribution in [3.05, 3.63) is 22.9 Å². The van der Waals surface area contributed by atoms with E-state index in [0.717, 1.165) is 30.7 Å². The van der Waals surface area contributed by atoms with Gasteiger partial charge in [0.15, 0.2) is 0 Å². The summed E-state index contributed by atoms with van der Waals surface area (Å²) in [6.45, 7) is 0.875. The van der Waals surface area contributed by atoms with Gasteiger partial charge in [-0.25, -0.2) is 13.1 Å². The molecule has 21 heavy (non-hydrogen) atoms. The van der Waals surface area contributed by atoms with E-state index >= 15 is 0 Å². The van der Waals surface area contributed by atoms with Gasteiger partial charge in [-0.1, -0.05) is 5.10 Å². The number of hydrogen-bond acceptors (Lipinski definition) is 8. The molecule has 0 bridgehead atoms. The molecular formula is C11H11N5O3S2. The molecule has 2 N–H and O–H groups in total. The number of hydrogen-bond donors (Lipinski definition) is 2. The summed E-state index contributed by atoms with van der Waals surface area (Å²) in [6, 6.07) is 4.50. The second kappa shape index (κ2) is 5.44. The predicted molar refractivity (Wildman–Crippen MR) is 74.1 cm³/mol. The van der Waals surface area contributed by atoms with E-state index in [4.69, 9.17) is 9.68 Å². The van der Waals surface area contributed by atoms with Crippen LogP contribution in [0.2, 0.25) is 0 Å². The molecule has 0 aromatic carbocycles. The van der Waals surface area contributed by atoms with Crippen molar-refractivity contribution >= 4 is 27.4 Å². The Morgan fingerprint density at radius 2 is 2.33 bits per heavy atom. The molecule has 0 saturated carbocycles. The SMILES string of the molecule is N#Cc1ccc(S(=O)(=O)Nc2nnc(C3CCCN3)o2)s1. The first-order valence-electron chi connectivity index (χ1n) is 6.18. The molecule has 8 nitrogen and oxygen atoms in total. The third kappa shape index (κ3) is 2.90. The number of rotatable bonds is 4. The molecular weight excluding hydrogens is 314 g/mol. The van der Waals surface area contributed by atoms with E-state index in [2.05, 4.69) is 20.2 Å². The molecule has 2 aromatic heterocycles.